The van der Waals surface area contributed by atoms with Crippen LogP contribution in [-0.4, -0.2) is 77.1 Å². The van der Waals surface area contributed by atoms with Crippen molar-refractivity contribution in [2.75, 3.05) is 58.3 Å². The van der Waals surface area contributed by atoms with Gasteiger partial charge in [-0.2, -0.15) is 0 Å². The number of hydrogen-bond acceptors (Lipinski definition) is 6. The molecule has 1 aliphatic heterocycles. The fourth-order valence-electron chi connectivity index (χ4n) is 3.36. The second kappa shape index (κ2) is 10.2. The molecule has 8 nitrogen and oxygen atoms in total. The summed E-state index contributed by atoms with van der Waals surface area (Å²) in [5.41, 5.74) is 1.27. The van der Waals surface area contributed by atoms with Crippen molar-refractivity contribution in [1.82, 2.24) is 14.7 Å². The summed E-state index contributed by atoms with van der Waals surface area (Å²) in [7, 11) is -1.27. The van der Waals surface area contributed by atoms with Crippen LogP contribution in [0.4, 0.5) is 10.1 Å². The van der Waals surface area contributed by atoms with Crippen molar-refractivity contribution in [3.63, 3.8) is 0 Å². The van der Waals surface area contributed by atoms with Gasteiger partial charge < -0.3 is 10.2 Å². The van der Waals surface area contributed by atoms with Gasteiger partial charge in [0.2, 0.25) is 0 Å². The summed E-state index contributed by atoms with van der Waals surface area (Å²) in [6.45, 7) is 4.46. The molecule has 168 valence electrons. The fraction of sp³-hybridized carbons (Fsp3) is 0.381. The molecule has 1 aliphatic rings. The van der Waals surface area contributed by atoms with Crippen molar-refractivity contribution in [2.24, 2.45) is 0 Å². The summed E-state index contributed by atoms with van der Waals surface area (Å²) < 4.78 is 38.5. The molecule has 2 aromatic rings. The Hall–Kier alpha value is -2.53. The Kier molecular flexibility index (Phi) is 7.60. The number of nitrogens with zero attached hydrogens (tertiary/aromatic N) is 3. The Morgan fingerprint density at radius 2 is 1.81 bits per heavy atom. The zero-order valence-corrected chi connectivity index (χ0v) is 18.4. The highest BCUT2D eigenvalue weighted by Crippen LogP contribution is 2.17. The quantitative estimate of drug-likeness (QED) is 0.615. The minimum absolute atomic E-state index is 0.0126. The standard InChI is InChI=1S/C21H27FN4O4S/c1-24(30-2)31(28,29)20-5-3-4-17(16-20)21(27)23-10-11-25-12-14-26(15-13-25)19-8-6-18(22)7-9-19/h3-9,16H,10-15H2,1-2H3,(H,23,27). The van der Waals surface area contributed by atoms with Crippen molar-refractivity contribution in [1.29, 1.82) is 0 Å². The average molecular weight is 451 g/mol. The lowest BCUT2D eigenvalue weighted by Crippen LogP contribution is -2.48. The van der Waals surface area contributed by atoms with Crippen molar-refractivity contribution in [2.45, 2.75) is 4.90 Å². The van der Waals surface area contributed by atoms with E-state index in [4.69, 9.17) is 4.84 Å². The lowest BCUT2D eigenvalue weighted by atomic mass is 10.2. The molecule has 0 saturated carbocycles. The molecule has 31 heavy (non-hydrogen) atoms. The smallest absolute Gasteiger partial charge is 0.264 e. The zero-order valence-electron chi connectivity index (χ0n) is 17.6. The highest BCUT2D eigenvalue weighted by Gasteiger charge is 2.22. The number of halogens is 1. The van der Waals surface area contributed by atoms with Gasteiger partial charge in [-0.15, -0.1) is 0 Å². The number of carbonyl (C=O) groups excluding carboxylic acids is 1. The number of sulfonamides is 1. The summed E-state index contributed by atoms with van der Waals surface area (Å²) in [6.07, 6.45) is 0. The van der Waals surface area contributed by atoms with Gasteiger partial charge >= 0.3 is 0 Å². The van der Waals surface area contributed by atoms with Crippen LogP contribution in [0.2, 0.25) is 0 Å². The summed E-state index contributed by atoms with van der Waals surface area (Å²) in [5.74, 6) is -0.575. The predicted molar refractivity (Wildman–Crippen MR) is 116 cm³/mol. The van der Waals surface area contributed by atoms with Gasteiger partial charge in [-0.25, -0.2) is 12.8 Å². The number of anilines is 1. The first-order valence-corrected chi connectivity index (χ1v) is 11.4. The number of amides is 1. The van der Waals surface area contributed by atoms with Crippen molar-refractivity contribution in [3.8, 4) is 0 Å². The third-order valence-electron chi connectivity index (χ3n) is 5.27. The first kappa shape index (κ1) is 23.1. The monoisotopic (exact) mass is 450 g/mol. The van der Waals surface area contributed by atoms with Gasteiger partial charge in [0, 0.05) is 57.6 Å². The van der Waals surface area contributed by atoms with E-state index in [0.717, 1.165) is 36.3 Å². The van der Waals surface area contributed by atoms with Gasteiger partial charge in [0.05, 0.1) is 12.0 Å². The van der Waals surface area contributed by atoms with Gasteiger partial charge in [0.15, 0.2) is 0 Å². The van der Waals surface area contributed by atoms with Crippen LogP contribution in [-0.2, 0) is 14.9 Å². The largest absolute Gasteiger partial charge is 0.369 e. The number of hydrogen-bond donors (Lipinski definition) is 1. The molecule has 0 aliphatic carbocycles. The fourth-order valence-corrected chi connectivity index (χ4v) is 4.38. The van der Waals surface area contributed by atoms with Crippen LogP contribution >= 0.6 is 0 Å². The average Bonchev–Trinajstić information content (AvgIpc) is 2.79. The van der Waals surface area contributed by atoms with E-state index >= 15 is 0 Å². The number of carbonyl (C=O) groups is 1. The molecule has 0 atom stereocenters. The number of benzene rings is 2. The third kappa shape index (κ3) is 5.79. The Labute approximate surface area is 182 Å². The van der Waals surface area contributed by atoms with Gasteiger partial charge in [-0.1, -0.05) is 10.5 Å². The summed E-state index contributed by atoms with van der Waals surface area (Å²) >= 11 is 0. The van der Waals surface area contributed by atoms with Crippen LogP contribution in [0.15, 0.2) is 53.4 Å². The minimum Gasteiger partial charge on any atom is -0.369 e. The van der Waals surface area contributed by atoms with Crippen LogP contribution in [0.3, 0.4) is 0 Å². The van der Waals surface area contributed by atoms with E-state index in [1.54, 1.807) is 18.2 Å². The van der Waals surface area contributed by atoms with Gasteiger partial charge in [-0.05, 0) is 42.5 Å². The molecule has 0 aromatic heterocycles. The normalized spacial score (nSPS) is 15.3. The van der Waals surface area contributed by atoms with Crippen LogP contribution in [0.1, 0.15) is 10.4 Å². The molecule has 1 amide bonds. The second-order valence-corrected chi connectivity index (χ2v) is 9.12. The molecule has 1 saturated heterocycles. The molecule has 0 bridgehead atoms. The number of nitrogens with one attached hydrogen (secondary N) is 1. The van der Waals surface area contributed by atoms with Gasteiger partial charge in [0.25, 0.3) is 15.9 Å². The summed E-state index contributed by atoms with van der Waals surface area (Å²) in [5, 5.41) is 2.84. The van der Waals surface area contributed by atoms with Crippen LogP contribution in [0.5, 0.6) is 0 Å². The first-order chi connectivity index (χ1) is 14.8. The highest BCUT2D eigenvalue weighted by atomic mass is 32.2. The van der Waals surface area contributed by atoms with Crippen molar-refractivity contribution >= 4 is 21.6 Å². The molecular weight excluding hydrogens is 423 g/mol. The Balaban J connectivity index is 1.48. The van der Waals surface area contributed by atoms with Crippen LogP contribution in [0.25, 0.3) is 0 Å². The van der Waals surface area contributed by atoms with Crippen molar-refractivity contribution < 1.29 is 22.4 Å². The first-order valence-electron chi connectivity index (χ1n) is 9.95. The Bertz CT molecular complexity index is 993. The van der Waals surface area contributed by atoms with E-state index in [1.807, 2.05) is 0 Å². The van der Waals surface area contributed by atoms with E-state index < -0.39 is 10.0 Å². The molecule has 0 radical (unpaired) electrons. The third-order valence-corrected chi connectivity index (χ3v) is 6.94. The highest BCUT2D eigenvalue weighted by molar-refractivity contribution is 7.89. The number of rotatable bonds is 8. The van der Waals surface area contributed by atoms with E-state index in [1.165, 1.54) is 44.5 Å². The molecule has 0 spiro atoms. The van der Waals surface area contributed by atoms with Gasteiger partial charge in [0.1, 0.15) is 5.82 Å². The predicted octanol–water partition coefficient (Wildman–Crippen LogP) is 1.56. The maximum absolute atomic E-state index is 13.1. The molecule has 0 unspecified atom stereocenters. The molecule has 3 rings (SSSR count). The number of hydroxylamine groups is 1. The molecule has 1 fully saturated rings. The molecule has 1 heterocycles. The maximum Gasteiger partial charge on any atom is 0.264 e. The van der Waals surface area contributed by atoms with Crippen molar-refractivity contribution in [3.05, 3.63) is 59.9 Å². The Morgan fingerprint density at radius 1 is 1.13 bits per heavy atom. The van der Waals surface area contributed by atoms with E-state index in [0.29, 0.717) is 13.1 Å². The molecule has 2 aromatic carbocycles. The summed E-state index contributed by atoms with van der Waals surface area (Å²) in [4.78, 5) is 21.7. The molecule has 10 heteroatoms. The number of piperazine rings is 1. The Morgan fingerprint density at radius 3 is 2.45 bits per heavy atom. The van der Waals surface area contributed by atoms with E-state index in [2.05, 4.69) is 15.1 Å². The molecule has 1 N–H and O–H groups in total. The second-order valence-electron chi connectivity index (χ2n) is 7.19. The lowest BCUT2D eigenvalue weighted by molar-refractivity contribution is -0.0258. The lowest BCUT2D eigenvalue weighted by Gasteiger charge is -2.36. The molecular formula is C21H27FN4O4S. The van der Waals surface area contributed by atoms with Crippen LogP contribution in [0, 0.1) is 5.82 Å². The van der Waals surface area contributed by atoms with E-state index in [9.17, 15) is 17.6 Å². The summed E-state index contributed by atoms with van der Waals surface area (Å²) in [6, 6.07) is 12.3. The van der Waals surface area contributed by atoms with Crippen LogP contribution < -0.4 is 10.2 Å². The maximum atomic E-state index is 13.1. The zero-order chi connectivity index (χ0) is 22.4. The topological polar surface area (TPSA) is 82.2 Å². The minimum atomic E-state index is -3.82. The van der Waals surface area contributed by atoms with E-state index in [-0.39, 0.29) is 22.2 Å². The van der Waals surface area contributed by atoms with Gasteiger partial charge in [-0.3, -0.25) is 14.5 Å². The SMILES string of the molecule is CON(C)S(=O)(=O)c1cccc(C(=O)NCCN2CCN(c3ccc(F)cc3)CC2)c1.